The fourth-order valence-electron chi connectivity index (χ4n) is 1.04. The van der Waals surface area contributed by atoms with Crippen LogP contribution in [0, 0.1) is 0 Å². The van der Waals surface area contributed by atoms with E-state index in [1.54, 1.807) is 0 Å². The second kappa shape index (κ2) is 3.45. The maximum absolute atomic E-state index is 4.87. The van der Waals surface area contributed by atoms with Crippen molar-refractivity contribution in [3.05, 3.63) is 24.3 Å². The number of rotatable bonds is 0. The summed E-state index contributed by atoms with van der Waals surface area (Å²) in [6, 6.07) is 0.234. The monoisotopic (exact) mass is 257 g/mol. The Kier molecular flexibility index (Phi) is 2.78. The molecule has 0 spiro atoms. The number of hydrogen-bond acceptors (Lipinski definition) is 1. The van der Waals surface area contributed by atoms with Crippen molar-refractivity contribution in [1.82, 2.24) is 5.32 Å². The first-order chi connectivity index (χ1) is 4.86. The van der Waals surface area contributed by atoms with Crippen LogP contribution in [0.5, 0.6) is 0 Å². The molecular formula is C7H6AgN2S. The topological polar surface area (TPSA) is 24.4 Å². The molecule has 4 heteroatoms. The van der Waals surface area contributed by atoms with Crippen molar-refractivity contribution in [3.63, 3.8) is 0 Å². The van der Waals surface area contributed by atoms with Crippen LogP contribution in [0.15, 0.2) is 29.3 Å². The summed E-state index contributed by atoms with van der Waals surface area (Å²) in [4.78, 5) is 4.11. The van der Waals surface area contributed by atoms with E-state index in [2.05, 4.69) is 10.3 Å². The molecule has 0 fully saturated rings. The summed E-state index contributed by atoms with van der Waals surface area (Å²) in [5.74, 6) is 0. The van der Waals surface area contributed by atoms with E-state index in [1.165, 1.54) is 0 Å². The normalized spacial score (nSPS) is 25.3. The minimum Gasteiger partial charge on any atom is -0.349 e. The van der Waals surface area contributed by atoms with Crippen LogP contribution in [-0.2, 0) is 22.4 Å². The second-order valence-electron chi connectivity index (χ2n) is 2.21. The SMILES string of the molecule is S=C1N=C2C=CC=CC2N1.[Ag]. The van der Waals surface area contributed by atoms with Crippen LogP contribution in [0.2, 0.25) is 0 Å². The van der Waals surface area contributed by atoms with Crippen LogP contribution < -0.4 is 5.32 Å². The molecule has 2 rings (SSSR count). The summed E-state index contributed by atoms with van der Waals surface area (Å²) < 4.78 is 0. The molecule has 1 unspecified atom stereocenters. The van der Waals surface area contributed by atoms with Gasteiger partial charge in [0.1, 0.15) is 0 Å². The Morgan fingerprint density at radius 3 is 3.00 bits per heavy atom. The van der Waals surface area contributed by atoms with Crippen molar-refractivity contribution < 1.29 is 22.4 Å². The van der Waals surface area contributed by atoms with E-state index >= 15 is 0 Å². The first-order valence-corrected chi connectivity index (χ1v) is 3.51. The van der Waals surface area contributed by atoms with E-state index in [0.29, 0.717) is 5.11 Å². The number of nitrogens with one attached hydrogen (secondary N) is 1. The van der Waals surface area contributed by atoms with Crippen LogP contribution in [0.3, 0.4) is 0 Å². The molecule has 0 saturated carbocycles. The van der Waals surface area contributed by atoms with Crippen LogP contribution in [-0.4, -0.2) is 16.9 Å². The van der Waals surface area contributed by atoms with Crippen LogP contribution in [0.4, 0.5) is 0 Å². The van der Waals surface area contributed by atoms with Crippen molar-refractivity contribution in [1.29, 1.82) is 0 Å². The molecule has 1 aliphatic heterocycles. The van der Waals surface area contributed by atoms with Crippen molar-refractivity contribution in [2.24, 2.45) is 4.99 Å². The molecule has 0 amide bonds. The second-order valence-corrected chi connectivity index (χ2v) is 2.59. The van der Waals surface area contributed by atoms with Crippen molar-refractivity contribution in [2.75, 3.05) is 0 Å². The fraction of sp³-hybridized carbons (Fsp3) is 0.143. The average Bonchev–Trinajstić information content (AvgIpc) is 2.27. The summed E-state index contributed by atoms with van der Waals surface area (Å²) in [6.07, 6.45) is 7.96. The molecule has 1 heterocycles. The molecule has 0 aromatic rings. The Morgan fingerprint density at radius 1 is 1.45 bits per heavy atom. The molecule has 1 radical (unpaired) electrons. The first-order valence-electron chi connectivity index (χ1n) is 3.10. The maximum atomic E-state index is 4.87. The Balaban J connectivity index is 0.000000605. The Morgan fingerprint density at radius 2 is 2.27 bits per heavy atom. The predicted octanol–water partition coefficient (Wildman–Crippen LogP) is 0.808. The van der Waals surface area contributed by atoms with E-state index in [1.807, 2.05) is 24.3 Å². The first kappa shape index (κ1) is 8.87. The molecular weight excluding hydrogens is 252 g/mol. The smallest absolute Gasteiger partial charge is 0.193 e. The minimum atomic E-state index is 0. The van der Waals surface area contributed by atoms with E-state index in [0.717, 1.165) is 5.71 Å². The van der Waals surface area contributed by atoms with Gasteiger partial charge in [0.05, 0.1) is 11.8 Å². The summed E-state index contributed by atoms with van der Waals surface area (Å²) in [5, 5.41) is 3.64. The van der Waals surface area contributed by atoms with E-state index in [9.17, 15) is 0 Å². The van der Waals surface area contributed by atoms with Gasteiger partial charge in [-0.05, 0) is 18.3 Å². The van der Waals surface area contributed by atoms with Crippen molar-refractivity contribution in [3.8, 4) is 0 Å². The molecule has 0 aromatic heterocycles. The number of hydrogen-bond donors (Lipinski definition) is 1. The molecule has 0 bridgehead atoms. The summed E-state index contributed by atoms with van der Waals surface area (Å²) in [7, 11) is 0. The van der Waals surface area contributed by atoms with Gasteiger partial charge in [-0.2, -0.15) is 0 Å². The maximum Gasteiger partial charge on any atom is 0.193 e. The fourth-order valence-corrected chi connectivity index (χ4v) is 1.28. The van der Waals surface area contributed by atoms with Crippen molar-refractivity contribution in [2.45, 2.75) is 6.04 Å². The summed E-state index contributed by atoms with van der Waals surface area (Å²) in [5.41, 5.74) is 1.02. The molecule has 1 atom stereocenters. The predicted molar refractivity (Wildman–Crippen MR) is 45.2 cm³/mol. The number of allylic oxidation sites excluding steroid dienone is 2. The van der Waals surface area contributed by atoms with Gasteiger partial charge in [0.15, 0.2) is 5.11 Å². The summed E-state index contributed by atoms with van der Waals surface area (Å²) >= 11 is 4.87. The third kappa shape index (κ3) is 1.68. The number of nitrogens with zero attached hydrogens (tertiary/aromatic N) is 1. The van der Waals surface area contributed by atoms with Gasteiger partial charge < -0.3 is 5.32 Å². The van der Waals surface area contributed by atoms with Gasteiger partial charge in [0.2, 0.25) is 0 Å². The van der Waals surface area contributed by atoms with Gasteiger partial charge in [0, 0.05) is 22.4 Å². The van der Waals surface area contributed by atoms with Crippen LogP contribution in [0.25, 0.3) is 0 Å². The standard InChI is InChI=1S/C7H6N2S.Ag/c10-7-8-5-3-1-2-4-6(5)9-7;/h1-5H,(H,8,10);. The van der Waals surface area contributed by atoms with Gasteiger partial charge in [-0.15, -0.1) is 0 Å². The van der Waals surface area contributed by atoms with E-state index < -0.39 is 0 Å². The van der Waals surface area contributed by atoms with Gasteiger partial charge in [0.25, 0.3) is 0 Å². The molecule has 1 aliphatic carbocycles. The quantitative estimate of drug-likeness (QED) is 0.513. The van der Waals surface area contributed by atoms with Gasteiger partial charge >= 0.3 is 0 Å². The van der Waals surface area contributed by atoms with Gasteiger partial charge in [-0.3, -0.25) is 0 Å². The van der Waals surface area contributed by atoms with Crippen molar-refractivity contribution >= 4 is 23.0 Å². The molecule has 2 aliphatic rings. The molecule has 2 nitrogen and oxygen atoms in total. The summed E-state index contributed by atoms with van der Waals surface area (Å²) in [6.45, 7) is 0. The third-order valence-corrected chi connectivity index (χ3v) is 1.72. The van der Waals surface area contributed by atoms with E-state index in [4.69, 9.17) is 12.2 Å². The zero-order valence-electron chi connectivity index (χ0n) is 5.54. The Bertz CT molecular complexity index is 268. The number of thiocarbonyl (C=S) groups is 1. The Labute approximate surface area is 86.0 Å². The van der Waals surface area contributed by atoms with Gasteiger partial charge in [-0.1, -0.05) is 18.2 Å². The zero-order chi connectivity index (χ0) is 6.97. The minimum absolute atomic E-state index is 0. The number of aliphatic imine (C=N–C) groups is 1. The average molecular weight is 258 g/mol. The Hall–Kier alpha value is -0.220. The van der Waals surface area contributed by atoms with Crippen LogP contribution in [0.1, 0.15) is 0 Å². The molecule has 61 valence electrons. The largest absolute Gasteiger partial charge is 0.349 e. The van der Waals surface area contributed by atoms with Crippen LogP contribution >= 0.6 is 12.2 Å². The molecule has 1 N–H and O–H groups in total. The number of fused-ring (bicyclic) bond motifs is 1. The third-order valence-electron chi connectivity index (χ3n) is 1.51. The molecule has 0 saturated heterocycles. The molecule has 11 heavy (non-hydrogen) atoms. The zero-order valence-corrected chi connectivity index (χ0v) is 7.84. The molecule has 0 aromatic carbocycles. The van der Waals surface area contributed by atoms with Gasteiger partial charge in [-0.25, -0.2) is 4.99 Å². The van der Waals surface area contributed by atoms with E-state index in [-0.39, 0.29) is 28.4 Å².